The average molecular weight is 331 g/mol. The van der Waals surface area contributed by atoms with E-state index >= 15 is 0 Å². The van der Waals surface area contributed by atoms with Crippen LogP contribution < -0.4 is 5.32 Å². The molecule has 2 saturated carbocycles. The molecule has 0 radical (unpaired) electrons. The smallest absolute Gasteiger partial charge is 0.449 e. The fourth-order valence-corrected chi connectivity index (χ4v) is 5.73. The van der Waals surface area contributed by atoms with E-state index in [1.807, 2.05) is 0 Å². The van der Waals surface area contributed by atoms with Crippen LogP contribution in [-0.4, -0.2) is 32.2 Å². The molecule has 0 aromatic rings. The summed E-state index contributed by atoms with van der Waals surface area (Å²) in [5, 5.41) is 2.92. The van der Waals surface area contributed by atoms with Crippen LogP contribution in [0.5, 0.6) is 0 Å². The standard InChI is InChI=1S/C17H24F3NO2/c1-10-5-6-13-11(8-21-2)14(17(18,19)20)23-16-9-15(13,16)12(10)4-3-7-22-16/h10,12-13,21H,3-9H2,1-2H3. The summed E-state index contributed by atoms with van der Waals surface area (Å²) in [7, 11) is 1.69. The lowest BCUT2D eigenvalue weighted by atomic mass is 9.60. The molecule has 2 aliphatic carbocycles. The Labute approximate surface area is 134 Å². The van der Waals surface area contributed by atoms with Gasteiger partial charge in [0.2, 0.25) is 11.5 Å². The van der Waals surface area contributed by atoms with Crippen LogP contribution in [0.25, 0.3) is 0 Å². The first-order chi connectivity index (χ1) is 10.9. The molecule has 6 heteroatoms. The second kappa shape index (κ2) is 4.88. The van der Waals surface area contributed by atoms with Crippen LogP contribution >= 0.6 is 0 Å². The van der Waals surface area contributed by atoms with Crippen LogP contribution in [0.15, 0.2) is 11.3 Å². The number of likely N-dealkylation sites (N-methyl/N-ethyl adjacent to an activating group) is 1. The van der Waals surface area contributed by atoms with E-state index in [4.69, 9.17) is 9.47 Å². The first-order valence-electron chi connectivity index (χ1n) is 8.63. The van der Waals surface area contributed by atoms with Crippen LogP contribution in [-0.2, 0) is 9.47 Å². The van der Waals surface area contributed by atoms with Crippen LogP contribution in [0.2, 0.25) is 0 Å². The Bertz CT molecular complexity index is 546. The second-order valence-electron chi connectivity index (χ2n) is 7.66. The number of alkyl halides is 3. The maximum absolute atomic E-state index is 13.6. The van der Waals surface area contributed by atoms with Crippen molar-refractivity contribution in [1.29, 1.82) is 0 Å². The molecule has 0 aromatic heterocycles. The zero-order valence-electron chi connectivity index (χ0n) is 13.6. The zero-order valence-corrected chi connectivity index (χ0v) is 13.6. The first kappa shape index (κ1) is 15.8. The van der Waals surface area contributed by atoms with Crippen molar-refractivity contribution in [1.82, 2.24) is 5.32 Å². The minimum absolute atomic E-state index is 0.0698. The van der Waals surface area contributed by atoms with E-state index in [0.29, 0.717) is 30.4 Å². The average Bonchev–Trinajstić information content (AvgIpc) is 3.14. The fraction of sp³-hybridized carbons (Fsp3) is 0.882. The molecule has 5 unspecified atom stereocenters. The Morgan fingerprint density at radius 3 is 2.74 bits per heavy atom. The van der Waals surface area contributed by atoms with Gasteiger partial charge in [0.15, 0.2) is 0 Å². The Morgan fingerprint density at radius 2 is 2.04 bits per heavy atom. The van der Waals surface area contributed by atoms with E-state index in [1.165, 1.54) is 0 Å². The van der Waals surface area contributed by atoms with Gasteiger partial charge < -0.3 is 14.8 Å². The number of allylic oxidation sites excluding steroid dienone is 1. The van der Waals surface area contributed by atoms with Crippen LogP contribution in [0.3, 0.4) is 0 Å². The highest BCUT2D eigenvalue weighted by molar-refractivity contribution is 5.36. The first-order valence-corrected chi connectivity index (χ1v) is 8.63. The number of rotatable bonds is 2. The maximum Gasteiger partial charge on any atom is 0.449 e. The van der Waals surface area contributed by atoms with Crippen molar-refractivity contribution in [2.75, 3.05) is 20.2 Å². The predicted octanol–water partition coefficient (Wildman–Crippen LogP) is 3.61. The summed E-state index contributed by atoms with van der Waals surface area (Å²) in [4.78, 5) is 0. The molecule has 0 amide bonds. The Morgan fingerprint density at radius 1 is 1.26 bits per heavy atom. The fourth-order valence-electron chi connectivity index (χ4n) is 5.73. The van der Waals surface area contributed by atoms with E-state index < -0.39 is 17.7 Å². The Hall–Kier alpha value is -0.750. The normalized spacial score (nSPS) is 45.7. The molecule has 0 bridgehead atoms. The maximum atomic E-state index is 13.6. The molecule has 2 heterocycles. The quantitative estimate of drug-likeness (QED) is 0.838. The highest BCUT2D eigenvalue weighted by atomic mass is 19.4. The summed E-state index contributed by atoms with van der Waals surface area (Å²) < 4.78 is 52.3. The van der Waals surface area contributed by atoms with Gasteiger partial charge in [0.05, 0.1) is 12.0 Å². The molecule has 4 aliphatic rings. The van der Waals surface area contributed by atoms with Crippen molar-refractivity contribution in [2.24, 2.45) is 23.2 Å². The van der Waals surface area contributed by atoms with Gasteiger partial charge in [0.1, 0.15) is 0 Å². The molecular weight excluding hydrogens is 307 g/mol. The summed E-state index contributed by atoms with van der Waals surface area (Å²) >= 11 is 0. The third kappa shape index (κ3) is 1.97. The lowest BCUT2D eigenvalue weighted by molar-refractivity contribution is -0.235. The molecule has 4 rings (SSSR count). The molecule has 1 saturated heterocycles. The lowest BCUT2D eigenvalue weighted by Crippen LogP contribution is -2.48. The molecule has 0 aromatic carbocycles. The molecule has 1 spiro atoms. The molecule has 1 N–H and O–H groups in total. The number of halogens is 3. The van der Waals surface area contributed by atoms with E-state index in [2.05, 4.69) is 12.2 Å². The summed E-state index contributed by atoms with van der Waals surface area (Å²) in [5.41, 5.74) is 0.178. The third-order valence-corrected chi connectivity index (χ3v) is 6.59. The van der Waals surface area contributed by atoms with Crippen molar-refractivity contribution >= 4 is 0 Å². The number of ether oxygens (including phenoxy) is 2. The molecular formula is C17H24F3NO2. The van der Waals surface area contributed by atoms with Crippen molar-refractivity contribution in [2.45, 2.75) is 51.0 Å². The van der Waals surface area contributed by atoms with E-state index in [0.717, 1.165) is 25.7 Å². The molecule has 2 aliphatic heterocycles. The van der Waals surface area contributed by atoms with Gasteiger partial charge >= 0.3 is 6.18 Å². The third-order valence-electron chi connectivity index (χ3n) is 6.59. The van der Waals surface area contributed by atoms with E-state index in [1.54, 1.807) is 7.05 Å². The molecule has 3 fully saturated rings. The molecule has 3 nitrogen and oxygen atoms in total. The largest absolute Gasteiger partial charge is 0.456 e. The van der Waals surface area contributed by atoms with Crippen molar-refractivity contribution in [3.63, 3.8) is 0 Å². The van der Waals surface area contributed by atoms with E-state index in [9.17, 15) is 13.2 Å². The van der Waals surface area contributed by atoms with Crippen molar-refractivity contribution < 1.29 is 22.6 Å². The molecule has 130 valence electrons. The van der Waals surface area contributed by atoms with Crippen LogP contribution in [0.4, 0.5) is 13.2 Å². The Balaban J connectivity index is 1.84. The van der Waals surface area contributed by atoms with Gasteiger partial charge in [-0.15, -0.1) is 0 Å². The predicted molar refractivity (Wildman–Crippen MR) is 78.4 cm³/mol. The van der Waals surface area contributed by atoms with Gasteiger partial charge in [0, 0.05) is 13.0 Å². The van der Waals surface area contributed by atoms with Crippen molar-refractivity contribution in [3.8, 4) is 0 Å². The van der Waals surface area contributed by atoms with Gasteiger partial charge in [-0.1, -0.05) is 6.92 Å². The second-order valence-corrected chi connectivity index (χ2v) is 7.66. The highest BCUT2D eigenvalue weighted by Crippen LogP contribution is 2.77. The molecule has 5 atom stereocenters. The van der Waals surface area contributed by atoms with E-state index in [-0.39, 0.29) is 17.9 Å². The number of hydrogen-bond acceptors (Lipinski definition) is 3. The van der Waals surface area contributed by atoms with Gasteiger partial charge in [-0.05, 0) is 56.1 Å². The summed E-state index contributed by atoms with van der Waals surface area (Å²) in [6, 6.07) is 0. The zero-order chi connectivity index (χ0) is 16.5. The van der Waals surface area contributed by atoms with Gasteiger partial charge in [-0.25, -0.2) is 0 Å². The van der Waals surface area contributed by atoms with Gasteiger partial charge in [-0.2, -0.15) is 13.2 Å². The van der Waals surface area contributed by atoms with Crippen LogP contribution in [0, 0.1) is 23.2 Å². The van der Waals surface area contributed by atoms with Crippen molar-refractivity contribution in [3.05, 3.63) is 11.3 Å². The lowest BCUT2D eigenvalue weighted by Gasteiger charge is -2.48. The minimum Gasteiger partial charge on any atom is -0.456 e. The summed E-state index contributed by atoms with van der Waals surface area (Å²) in [6.07, 6.45) is -0.0844. The SMILES string of the molecule is CNCC1=C(C(F)(F)F)OC23CC24C1CCC(C)C4CCCO3. The van der Waals surface area contributed by atoms with Gasteiger partial charge in [0.25, 0.3) is 0 Å². The molecule has 23 heavy (non-hydrogen) atoms. The number of hydrogen-bond donors (Lipinski definition) is 1. The highest BCUT2D eigenvalue weighted by Gasteiger charge is 2.82. The minimum atomic E-state index is -4.45. The summed E-state index contributed by atoms with van der Waals surface area (Å²) in [6.45, 7) is 2.98. The topological polar surface area (TPSA) is 30.5 Å². The Kier molecular flexibility index (Phi) is 3.34. The van der Waals surface area contributed by atoms with Crippen LogP contribution in [0.1, 0.15) is 39.0 Å². The van der Waals surface area contributed by atoms with Gasteiger partial charge in [-0.3, -0.25) is 0 Å². The monoisotopic (exact) mass is 331 g/mol. The summed E-state index contributed by atoms with van der Waals surface area (Å²) in [5.74, 6) is -0.942. The number of nitrogens with one attached hydrogen (secondary N) is 1.